The molecule has 0 aliphatic carbocycles. The number of aromatic nitrogens is 2. The topological polar surface area (TPSA) is 38.1 Å². The fourth-order valence-corrected chi connectivity index (χ4v) is 2.52. The van der Waals surface area contributed by atoms with Gasteiger partial charge in [-0.15, -0.1) is 0 Å². The molecule has 0 aliphatic heterocycles. The second kappa shape index (κ2) is 7.22. The highest BCUT2D eigenvalue weighted by molar-refractivity contribution is 5.92. The van der Waals surface area contributed by atoms with E-state index in [2.05, 4.69) is 5.10 Å². The molecule has 122 valence electrons. The summed E-state index contributed by atoms with van der Waals surface area (Å²) in [7, 11) is 0. The number of aryl methyl sites for hydroxylation is 1. The number of halogens is 1. The van der Waals surface area contributed by atoms with Gasteiger partial charge in [0.2, 0.25) is 5.91 Å². The molecule has 1 amide bonds. The van der Waals surface area contributed by atoms with Crippen LogP contribution in [0.5, 0.6) is 0 Å². The fourth-order valence-electron chi connectivity index (χ4n) is 2.52. The maximum absolute atomic E-state index is 13.1. The third-order valence-electron chi connectivity index (χ3n) is 3.89. The van der Waals surface area contributed by atoms with Gasteiger partial charge in [0.15, 0.2) is 0 Å². The molecule has 0 bridgehead atoms. The zero-order chi connectivity index (χ0) is 17.0. The summed E-state index contributed by atoms with van der Waals surface area (Å²) in [5.74, 6) is -0.288. The molecule has 5 heteroatoms. The lowest BCUT2D eigenvalue weighted by atomic mass is 10.1. The number of rotatable bonds is 5. The third kappa shape index (κ3) is 3.67. The van der Waals surface area contributed by atoms with E-state index in [1.165, 1.54) is 12.1 Å². The minimum Gasteiger partial charge on any atom is -0.340 e. The maximum atomic E-state index is 13.1. The molecule has 0 saturated heterocycles. The Kier molecular flexibility index (Phi) is 5.32. The van der Waals surface area contributed by atoms with E-state index < -0.39 is 0 Å². The van der Waals surface area contributed by atoms with Crippen LogP contribution in [0.2, 0.25) is 0 Å². The first-order valence-electron chi connectivity index (χ1n) is 7.77. The summed E-state index contributed by atoms with van der Waals surface area (Å²) in [6, 6.07) is 6.18. The van der Waals surface area contributed by atoms with Crippen LogP contribution in [-0.4, -0.2) is 33.7 Å². The molecule has 2 aromatic rings. The number of nitrogens with zero attached hydrogens (tertiary/aromatic N) is 3. The van der Waals surface area contributed by atoms with Crippen molar-refractivity contribution in [3.05, 3.63) is 53.1 Å². The predicted octanol–water partition coefficient (Wildman–Crippen LogP) is 3.51. The van der Waals surface area contributed by atoms with Crippen LogP contribution in [0.15, 0.2) is 30.3 Å². The molecule has 0 saturated carbocycles. The highest BCUT2D eigenvalue weighted by Gasteiger charge is 2.12. The summed E-state index contributed by atoms with van der Waals surface area (Å²) in [5.41, 5.74) is 3.45. The normalized spacial score (nSPS) is 11.2. The molecule has 1 aromatic carbocycles. The highest BCUT2D eigenvalue weighted by atomic mass is 19.1. The Morgan fingerprint density at radius 3 is 2.39 bits per heavy atom. The summed E-state index contributed by atoms with van der Waals surface area (Å²) in [6.45, 7) is 9.12. The minimum atomic E-state index is -0.278. The van der Waals surface area contributed by atoms with Crippen molar-refractivity contribution < 1.29 is 9.18 Å². The summed E-state index contributed by atoms with van der Waals surface area (Å²) in [6.07, 6.45) is 3.39. The van der Waals surface area contributed by atoms with Gasteiger partial charge in [-0.2, -0.15) is 5.10 Å². The number of hydrogen-bond donors (Lipinski definition) is 0. The molecule has 0 spiro atoms. The van der Waals surface area contributed by atoms with Crippen molar-refractivity contribution in [1.82, 2.24) is 14.7 Å². The van der Waals surface area contributed by atoms with Crippen molar-refractivity contribution >= 4 is 12.0 Å². The lowest BCUT2D eigenvalue weighted by Crippen LogP contribution is -2.28. The quantitative estimate of drug-likeness (QED) is 0.792. The first-order valence-corrected chi connectivity index (χ1v) is 7.77. The Labute approximate surface area is 136 Å². The van der Waals surface area contributed by atoms with Crippen LogP contribution in [0.25, 0.3) is 11.8 Å². The van der Waals surface area contributed by atoms with E-state index in [0.29, 0.717) is 13.1 Å². The van der Waals surface area contributed by atoms with Crippen LogP contribution in [0, 0.1) is 19.7 Å². The van der Waals surface area contributed by atoms with Crippen molar-refractivity contribution in [2.75, 3.05) is 13.1 Å². The van der Waals surface area contributed by atoms with E-state index in [0.717, 1.165) is 22.6 Å². The average Bonchev–Trinajstić information content (AvgIpc) is 2.82. The minimum absolute atomic E-state index is 0.0108. The number of hydrogen-bond acceptors (Lipinski definition) is 2. The number of amides is 1. The Hall–Kier alpha value is -2.43. The van der Waals surface area contributed by atoms with E-state index in [1.54, 1.807) is 33.9 Å². The molecule has 1 aromatic heterocycles. The van der Waals surface area contributed by atoms with Crippen molar-refractivity contribution in [3.63, 3.8) is 0 Å². The highest BCUT2D eigenvalue weighted by Crippen LogP contribution is 2.19. The van der Waals surface area contributed by atoms with Crippen LogP contribution in [0.4, 0.5) is 4.39 Å². The molecule has 4 nitrogen and oxygen atoms in total. The van der Waals surface area contributed by atoms with Gasteiger partial charge in [-0.3, -0.25) is 4.79 Å². The van der Waals surface area contributed by atoms with Gasteiger partial charge in [0.05, 0.1) is 11.4 Å². The van der Waals surface area contributed by atoms with Crippen LogP contribution in [0.3, 0.4) is 0 Å². The number of carbonyl (C=O) groups excluding carboxylic acids is 1. The summed E-state index contributed by atoms with van der Waals surface area (Å²) < 4.78 is 14.8. The van der Waals surface area contributed by atoms with Crippen LogP contribution in [-0.2, 0) is 4.79 Å². The van der Waals surface area contributed by atoms with Crippen LogP contribution < -0.4 is 0 Å². The standard InChI is InChI=1S/C18H22FN3O/c1-5-21(6-2)18(23)12-11-17-13(3)20-22(14(17)4)16-9-7-15(19)8-10-16/h7-12H,5-6H2,1-4H3/b12-11+. The van der Waals surface area contributed by atoms with Crippen molar-refractivity contribution in [2.45, 2.75) is 27.7 Å². The van der Waals surface area contributed by atoms with E-state index in [1.807, 2.05) is 27.7 Å². The molecule has 23 heavy (non-hydrogen) atoms. The zero-order valence-corrected chi connectivity index (χ0v) is 14.0. The third-order valence-corrected chi connectivity index (χ3v) is 3.89. The zero-order valence-electron chi connectivity index (χ0n) is 14.0. The van der Waals surface area contributed by atoms with Crippen molar-refractivity contribution in [3.8, 4) is 5.69 Å². The van der Waals surface area contributed by atoms with E-state index >= 15 is 0 Å². The number of carbonyl (C=O) groups is 1. The van der Waals surface area contributed by atoms with Crippen LogP contribution in [0.1, 0.15) is 30.8 Å². The van der Waals surface area contributed by atoms with Gasteiger partial charge < -0.3 is 4.90 Å². The van der Waals surface area contributed by atoms with Crippen LogP contribution >= 0.6 is 0 Å². The Morgan fingerprint density at radius 2 is 1.83 bits per heavy atom. The molecule has 0 unspecified atom stereocenters. The summed E-state index contributed by atoms with van der Waals surface area (Å²) in [4.78, 5) is 13.8. The first-order chi connectivity index (χ1) is 11.0. The van der Waals surface area contributed by atoms with Gasteiger partial charge in [-0.1, -0.05) is 0 Å². The second-order valence-corrected chi connectivity index (χ2v) is 5.32. The van der Waals surface area contributed by atoms with Gasteiger partial charge in [-0.25, -0.2) is 9.07 Å². The lowest BCUT2D eigenvalue weighted by Gasteiger charge is -2.15. The molecular weight excluding hydrogens is 293 g/mol. The molecule has 0 atom stereocenters. The largest absolute Gasteiger partial charge is 0.340 e. The van der Waals surface area contributed by atoms with Gasteiger partial charge >= 0.3 is 0 Å². The monoisotopic (exact) mass is 315 g/mol. The first kappa shape index (κ1) is 16.9. The molecular formula is C18H22FN3O. The summed E-state index contributed by atoms with van der Waals surface area (Å²) >= 11 is 0. The van der Waals surface area contributed by atoms with E-state index in [4.69, 9.17) is 0 Å². The van der Waals surface area contributed by atoms with Gasteiger partial charge in [0.1, 0.15) is 5.82 Å². The van der Waals surface area contributed by atoms with Gasteiger partial charge in [-0.05, 0) is 58.0 Å². The maximum Gasteiger partial charge on any atom is 0.246 e. The Morgan fingerprint density at radius 1 is 1.22 bits per heavy atom. The summed E-state index contributed by atoms with van der Waals surface area (Å²) in [5, 5.41) is 4.49. The number of benzene rings is 1. The predicted molar refractivity (Wildman–Crippen MR) is 90.0 cm³/mol. The van der Waals surface area contributed by atoms with Gasteiger partial charge in [0.25, 0.3) is 0 Å². The Bertz CT molecular complexity index is 713. The van der Waals surface area contributed by atoms with E-state index in [-0.39, 0.29) is 11.7 Å². The fraction of sp³-hybridized carbons (Fsp3) is 0.333. The second-order valence-electron chi connectivity index (χ2n) is 5.32. The average molecular weight is 315 g/mol. The number of likely N-dealkylation sites (N-methyl/N-ethyl adjacent to an activating group) is 1. The smallest absolute Gasteiger partial charge is 0.246 e. The van der Waals surface area contributed by atoms with Gasteiger partial charge in [0, 0.05) is 30.4 Å². The Balaban J connectivity index is 2.31. The SMILES string of the molecule is CCN(CC)C(=O)/C=C/c1c(C)nn(-c2ccc(F)cc2)c1C. The lowest BCUT2D eigenvalue weighted by molar-refractivity contribution is -0.125. The molecule has 0 N–H and O–H groups in total. The molecule has 0 radical (unpaired) electrons. The van der Waals surface area contributed by atoms with Crippen molar-refractivity contribution in [2.24, 2.45) is 0 Å². The molecule has 0 fully saturated rings. The molecule has 0 aliphatic rings. The van der Waals surface area contributed by atoms with Crippen molar-refractivity contribution in [1.29, 1.82) is 0 Å². The van der Waals surface area contributed by atoms with E-state index in [9.17, 15) is 9.18 Å². The molecule has 2 rings (SSSR count). The molecule has 1 heterocycles.